The summed E-state index contributed by atoms with van der Waals surface area (Å²) in [4.78, 5) is 29.8. The lowest BCUT2D eigenvalue weighted by Gasteiger charge is -2.35. The molecule has 2 aromatic rings. The molecular formula is C22H28N4O4. The van der Waals surface area contributed by atoms with Crippen molar-refractivity contribution in [2.45, 2.75) is 25.0 Å². The molecule has 4 rings (SSSR count). The van der Waals surface area contributed by atoms with Gasteiger partial charge in [-0.2, -0.15) is 5.10 Å². The van der Waals surface area contributed by atoms with Crippen LogP contribution in [0, 0.1) is 0 Å². The zero-order valence-electron chi connectivity index (χ0n) is 17.3. The normalized spacial score (nSPS) is 20.8. The van der Waals surface area contributed by atoms with Crippen LogP contribution in [-0.2, 0) is 14.3 Å². The van der Waals surface area contributed by atoms with Crippen LogP contribution in [0.15, 0.2) is 47.4 Å². The van der Waals surface area contributed by atoms with Gasteiger partial charge in [-0.05, 0) is 18.4 Å². The van der Waals surface area contributed by atoms with Crippen LogP contribution in [0.25, 0.3) is 0 Å². The lowest BCUT2D eigenvalue weighted by molar-refractivity contribution is -0.144. The van der Waals surface area contributed by atoms with Crippen LogP contribution in [0.4, 0.5) is 5.69 Å². The highest BCUT2D eigenvalue weighted by molar-refractivity contribution is 5.82. The Bertz CT molecular complexity index is 911. The Morgan fingerprint density at radius 2 is 1.97 bits per heavy atom. The van der Waals surface area contributed by atoms with Crippen molar-refractivity contribution in [3.63, 3.8) is 0 Å². The van der Waals surface area contributed by atoms with Crippen molar-refractivity contribution in [1.29, 1.82) is 0 Å². The van der Waals surface area contributed by atoms with Gasteiger partial charge >= 0.3 is 0 Å². The van der Waals surface area contributed by atoms with Crippen molar-refractivity contribution in [3.8, 4) is 0 Å². The lowest BCUT2D eigenvalue weighted by Crippen LogP contribution is -2.45. The van der Waals surface area contributed by atoms with Crippen LogP contribution in [0.1, 0.15) is 30.6 Å². The average Bonchev–Trinajstić information content (AvgIpc) is 2.81. The molecule has 30 heavy (non-hydrogen) atoms. The van der Waals surface area contributed by atoms with E-state index in [9.17, 15) is 9.59 Å². The Kier molecular flexibility index (Phi) is 6.44. The number of anilines is 1. The molecule has 0 N–H and O–H groups in total. The minimum absolute atomic E-state index is 0.0774. The predicted molar refractivity (Wildman–Crippen MR) is 113 cm³/mol. The number of ether oxygens (including phenoxy) is 2. The van der Waals surface area contributed by atoms with Gasteiger partial charge in [-0.1, -0.05) is 30.3 Å². The molecule has 0 spiro atoms. The maximum absolute atomic E-state index is 13.1. The van der Waals surface area contributed by atoms with Crippen molar-refractivity contribution in [1.82, 2.24) is 14.7 Å². The summed E-state index contributed by atoms with van der Waals surface area (Å²) in [5.74, 6) is -0.0774. The second-order valence-corrected chi connectivity index (χ2v) is 7.70. The van der Waals surface area contributed by atoms with Crippen LogP contribution >= 0.6 is 0 Å². The first kappa shape index (κ1) is 20.6. The SMILES string of the molecule is CO[C@@H](C(=O)N1CCCC(n2ncc(N3CCOCC3)cc2=O)C1)c1ccccc1. The number of benzene rings is 1. The monoisotopic (exact) mass is 412 g/mol. The van der Waals surface area contributed by atoms with Gasteiger partial charge in [-0.3, -0.25) is 9.59 Å². The van der Waals surface area contributed by atoms with Crippen molar-refractivity contribution in [3.05, 3.63) is 58.5 Å². The fourth-order valence-corrected chi connectivity index (χ4v) is 4.20. The summed E-state index contributed by atoms with van der Waals surface area (Å²) in [6.07, 6.45) is 2.74. The van der Waals surface area contributed by atoms with Crippen LogP contribution in [-0.4, -0.2) is 67.1 Å². The van der Waals surface area contributed by atoms with Gasteiger partial charge in [0, 0.05) is 39.4 Å². The molecule has 0 aliphatic carbocycles. The standard InChI is InChI=1S/C22H28N4O4/c1-29-21(17-6-3-2-4-7-17)22(28)25-9-5-8-18(16-25)26-20(27)14-19(15-23-26)24-10-12-30-13-11-24/h2-4,6-7,14-15,18,21H,5,8-13,16H2,1H3/t18?,21-/m1/s1. The van der Waals surface area contributed by atoms with Gasteiger partial charge in [0.25, 0.3) is 11.5 Å². The average molecular weight is 412 g/mol. The maximum Gasteiger partial charge on any atom is 0.269 e. The second-order valence-electron chi connectivity index (χ2n) is 7.70. The summed E-state index contributed by atoms with van der Waals surface area (Å²) in [7, 11) is 1.55. The number of hydrogen-bond acceptors (Lipinski definition) is 6. The van der Waals surface area contributed by atoms with E-state index in [1.165, 1.54) is 4.68 Å². The van der Waals surface area contributed by atoms with E-state index in [1.54, 1.807) is 24.3 Å². The maximum atomic E-state index is 13.1. The van der Waals surface area contributed by atoms with Crippen molar-refractivity contribution >= 4 is 11.6 Å². The Morgan fingerprint density at radius 1 is 1.20 bits per heavy atom. The molecule has 1 unspecified atom stereocenters. The Balaban J connectivity index is 1.48. The van der Waals surface area contributed by atoms with Crippen LogP contribution in [0.3, 0.4) is 0 Å². The number of hydrogen-bond donors (Lipinski definition) is 0. The van der Waals surface area contributed by atoms with Crippen LogP contribution in [0.5, 0.6) is 0 Å². The zero-order chi connectivity index (χ0) is 20.9. The highest BCUT2D eigenvalue weighted by Crippen LogP contribution is 2.25. The molecule has 1 aromatic heterocycles. The van der Waals surface area contributed by atoms with E-state index in [0.717, 1.165) is 37.2 Å². The molecule has 0 radical (unpaired) electrons. The third-order valence-electron chi connectivity index (χ3n) is 5.80. The Labute approximate surface area is 176 Å². The van der Waals surface area contributed by atoms with E-state index in [2.05, 4.69) is 10.00 Å². The number of carbonyl (C=O) groups excluding carboxylic acids is 1. The largest absolute Gasteiger partial charge is 0.378 e. The van der Waals surface area contributed by atoms with E-state index in [1.807, 2.05) is 30.3 Å². The van der Waals surface area contributed by atoms with Crippen molar-refractivity contribution < 1.29 is 14.3 Å². The number of aromatic nitrogens is 2. The van der Waals surface area contributed by atoms with Crippen LogP contribution in [0.2, 0.25) is 0 Å². The van der Waals surface area contributed by atoms with Gasteiger partial charge in [0.2, 0.25) is 0 Å². The summed E-state index contributed by atoms with van der Waals surface area (Å²) in [5.41, 5.74) is 1.52. The van der Waals surface area contributed by atoms with E-state index >= 15 is 0 Å². The number of piperidine rings is 1. The van der Waals surface area contributed by atoms with E-state index < -0.39 is 6.10 Å². The van der Waals surface area contributed by atoms with E-state index in [0.29, 0.717) is 26.3 Å². The topological polar surface area (TPSA) is 76.9 Å². The molecular weight excluding hydrogens is 384 g/mol. The second kappa shape index (κ2) is 9.40. The molecule has 8 nitrogen and oxygen atoms in total. The number of rotatable bonds is 5. The number of morpholine rings is 1. The Hall–Kier alpha value is -2.71. The third-order valence-corrected chi connectivity index (χ3v) is 5.80. The molecule has 3 heterocycles. The third kappa shape index (κ3) is 4.39. The minimum atomic E-state index is -0.640. The fourth-order valence-electron chi connectivity index (χ4n) is 4.20. The lowest BCUT2D eigenvalue weighted by atomic mass is 10.0. The fraction of sp³-hybridized carbons (Fsp3) is 0.500. The molecule has 2 aliphatic rings. The summed E-state index contributed by atoms with van der Waals surface area (Å²) < 4.78 is 12.4. The molecule has 2 aliphatic heterocycles. The summed E-state index contributed by atoms with van der Waals surface area (Å²) in [6.45, 7) is 3.94. The number of carbonyl (C=O) groups is 1. The highest BCUT2D eigenvalue weighted by Gasteiger charge is 2.31. The van der Waals surface area contributed by atoms with Gasteiger partial charge in [-0.15, -0.1) is 0 Å². The molecule has 0 saturated carbocycles. The number of likely N-dealkylation sites (tertiary alicyclic amines) is 1. The Morgan fingerprint density at radius 3 is 2.67 bits per heavy atom. The molecule has 0 bridgehead atoms. The van der Waals surface area contributed by atoms with Gasteiger partial charge in [0.15, 0.2) is 6.10 Å². The molecule has 2 atom stereocenters. The minimum Gasteiger partial charge on any atom is -0.378 e. The first-order chi connectivity index (χ1) is 14.7. The molecule has 1 amide bonds. The zero-order valence-corrected chi connectivity index (χ0v) is 17.3. The van der Waals surface area contributed by atoms with Crippen LogP contribution < -0.4 is 10.5 Å². The first-order valence-electron chi connectivity index (χ1n) is 10.5. The summed E-state index contributed by atoms with van der Waals surface area (Å²) in [6, 6.07) is 11.0. The highest BCUT2D eigenvalue weighted by atomic mass is 16.5. The van der Waals surface area contributed by atoms with Gasteiger partial charge in [-0.25, -0.2) is 4.68 Å². The molecule has 2 fully saturated rings. The molecule has 1 aromatic carbocycles. The van der Waals surface area contributed by atoms with Gasteiger partial charge in [0.05, 0.1) is 31.1 Å². The number of nitrogens with zero attached hydrogens (tertiary/aromatic N) is 4. The van der Waals surface area contributed by atoms with E-state index in [4.69, 9.17) is 9.47 Å². The molecule has 8 heteroatoms. The summed E-state index contributed by atoms with van der Waals surface area (Å²) >= 11 is 0. The quantitative estimate of drug-likeness (QED) is 0.743. The smallest absolute Gasteiger partial charge is 0.269 e. The van der Waals surface area contributed by atoms with E-state index in [-0.39, 0.29) is 17.5 Å². The first-order valence-corrected chi connectivity index (χ1v) is 10.5. The van der Waals surface area contributed by atoms with Gasteiger partial charge in [0.1, 0.15) is 0 Å². The van der Waals surface area contributed by atoms with Crippen molar-refractivity contribution in [2.75, 3.05) is 51.4 Å². The number of amides is 1. The number of methoxy groups -OCH3 is 1. The molecule has 160 valence electrons. The van der Waals surface area contributed by atoms with Crippen molar-refractivity contribution in [2.24, 2.45) is 0 Å². The predicted octanol–water partition coefficient (Wildman–Crippen LogP) is 1.63. The van der Waals surface area contributed by atoms with Gasteiger partial charge < -0.3 is 19.3 Å². The molecule has 2 saturated heterocycles. The summed E-state index contributed by atoms with van der Waals surface area (Å²) in [5, 5.41) is 4.45.